The van der Waals surface area contributed by atoms with Gasteiger partial charge in [-0.2, -0.15) is 10.2 Å². The Morgan fingerprint density at radius 1 is 1.43 bits per heavy atom. The van der Waals surface area contributed by atoms with Gasteiger partial charge in [0, 0.05) is 24.4 Å². The van der Waals surface area contributed by atoms with Crippen LogP contribution in [-0.4, -0.2) is 25.1 Å². The number of hydrogen-bond acceptors (Lipinski definition) is 5. The van der Waals surface area contributed by atoms with Gasteiger partial charge in [-0.05, 0) is 31.7 Å². The molecule has 0 spiro atoms. The van der Waals surface area contributed by atoms with E-state index in [4.69, 9.17) is 9.26 Å². The van der Waals surface area contributed by atoms with E-state index in [1.54, 1.807) is 6.20 Å². The Kier molecular flexibility index (Phi) is 3.49. The number of rotatable bonds is 4. The number of aromatic amines is 1. The number of fused-ring (bicyclic) bond motifs is 1. The van der Waals surface area contributed by atoms with Gasteiger partial charge in [-0.3, -0.25) is 9.78 Å². The fraction of sp³-hybridized carbons (Fsp3) is 0.438. The molecule has 1 N–H and O–H groups in total. The summed E-state index contributed by atoms with van der Waals surface area (Å²) in [7, 11) is 1.91. The summed E-state index contributed by atoms with van der Waals surface area (Å²) in [5, 5.41) is 15.5. The van der Waals surface area contributed by atoms with Crippen LogP contribution in [0.1, 0.15) is 41.7 Å². The second-order valence-corrected chi connectivity index (χ2v) is 5.95. The van der Waals surface area contributed by atoms with E-state index in [1.165, 1.54) is 5.56 Å². The molecule has 0 fully saturated rings. The van der Waals surface area contributed by atoms with Gasteiger partial charge in [-0.1, -0.05) is 5.16 Å². The van der Waals surface area contributed by atoms with Crippen molar-refractivity contribution in [1.82, 2.24) is 25.1 Å². The smallest absolute Gasteiger partial charge is 0.163 e. The van der Waals surface area contributed by atoms with Crippen molar-refractivity contribution in [2.24, 2.45) is 7.05 Å². The van der Waals surface area contributed by atoms with Crippen LogP contribution in [0.25, 0.3) is 11.3 Å². The van der Waals surface area contributed by atoms with Gasteiger partial charge in [0.1, 0.15) is 12.3 Å². The Bertz CT molecular complexity index is 816. The third kappa shape index (κ3) is 2.57. The third-order valence-electron chi connectivity index (χ3n) is 4.48. The van der Waals surface area contributed by atoms with E-state index in [0.29, 0.717) is 6.61 Å². The molecule has 120 valence electrons. The first-order valence-corrected chi connectivity index (χ1v) is 7.80. The molecular formula is C16H19N5O2. The van der Waals surface area contributed by atoms with Gasteiger partial charge in [-0.15, -0.1) is 0 Å². The highest BCUT2D eigenvalue weighted by Crippen LogP contribution is 2.31. The number of ether oxygens (including phenoxy) is 1. The molecule has 1 aliphatic rings. The van der Waals surface area contributed by atoms with Gasteiger partial charge in [0.2, 0.25) is 0 Å². The molecule has 0 amide bonds. The normalized spacial score (nSPS) is 17.4. The summed E-state index contributed by atoms with van der Waals surface area (Å²) >= 11 is 0. The summed E-state index contributed by atoms with van der Waals surface area (Å²) in [6.07, 6.45) is 6.93. The van der Waals surface area contributed by atoms with E-state index in [2.05, 4.69) is 20.5 Å². The molecule has 4 rings (SSSR count). The van der Waals surface area contributed by atoms with Gasteiger partial charge in [-0.25, -0.2) is 0 Å². The van der Waals surface area contributed by atoms with Crippen molar-refractivity contribution in [2.45, 2.75) is 38.9 Å². The highest BCUT2D eigenvalue weighted by molar-refractivity contribution is 5.60. The molecule has 0 saturated carbocycles. The minimum atomic E-state index is 0.0509. The third-order valence-corrected chi connectivity index (χ3v) is 4.48. The quantitative estimate of drug-likeness (QED) is 0.801. The summed E-state index contributed by atoms with van der Waals surface area (Å²) in [4.78, 5) is 0. The highest BCUT2D eigenvalue weighted by atomic mass is 16.5. The summed E-state index contributed by atoms with van der Waals surface area (Å²) < 4.78 is 13.2. The maximum absolute atomic E-state index is 6.01. The largest absolute Gasteiger partial charge is 0.364 e. The van der Waals surface area contributed by atoms with E-state index in [-0.39, 0.29) is 6.10 Å². The first-order chi connectivity index (χ1) is 11.2. The Morgan fingerprint density at radius 3 is 3.17 bits per heavy atom. The number of nitrogens with zero attached hydrogens (tertiary/aromatic N) is 4. The lowest BCUT2D eigenvalue weighted by Gasteiger charge is -2.21. The van der Waals surface area contributed by atoms with Crippen molar-refractivity contribution in [3.63, 3.8) is 0 Å². The summed E-state index contributed by atoms with van der Waals surface area (Å²) in [6, 6.07) is 1.92. The van der Waals surface area contributed by atoms with Crippen molar-refractivity contribution in [1.29, 1.82) is 0 Å². The molecule has 1 unspecified atom stereocenters. The lowest BCUT2D eigenvalue weighted by Crippen LogP contribution is -2.12. The number of aryl methyl sites for hydroxylation is 2. The average molecular weight is 313 g/mol. The maximum atomic E-state index is 6.01. The summed E-state index contributed by atoms with van der Waals surface area (Å²) in [5.41, 5.74) is 5.18. The van der Waals surface area contributed by atoms with Crippen molar-refractivity contribution in [2.75, 3.05) is 0 Å². The molecule has 3 aromatic rings. The highest BCUT2D eigenvalue weighted by Gasteiger charge is 2.23. The van der Waals surface area contributed by atoms with Crippen LogP contribution in [0.15, 0.2) is 23.0 Å². The van der Waals surface area contributed by atoms with Crippen LogP contribution in [-0.2, 0) is 24.8 Å². The second kappa shape index (κ2) is 5.66. The maximum Gasteiger partial charge on any atom is 0.163 e. The zero-order valence-electron chi connectivity index (χ0n) is 13.2. The summed E-state index contributed by atoms with van der Waals surface area (Å²) in [5.74, 6) is 0.717. The van der Waals surface area contributed by atoms with Gasteiger partial charge >= 0.3 is 0 Å². The molecule has 3 heterocycles. The Morgan fingerprint density at radius 2 is 2.35 bits per heavy atom. The molecule has 3 aromatic heterocycles. The van der Waals surface area contributed by atoms with E-state index in [1.807, 2.05) is 30.9 Å². The van der Waals surface area contributed by atoms with E-state index < -0.39 is 0 Å². The molecule has 1 atom stereocenters. The number of aromatic nitrogens is 5. The summed E-state index contributed by atoms with van der Waals surface area (Å²) in [6.45, 7) is 2.41. The monoisotopic (exact) mass is 313 g/mol. The van der Waals surface area contributed by atoms with Gasteiger partial charge in [0.15, 0.2) is 5.76 Å². The van der Waals surface area contributed by atoms with Crippen molar-refractivity contribution in [3.8, 4) is 11.3 Å². The second-order valence-electron chi connectivity index (χ2n) is 5.95. The number of nitrogens with one attached hydrogen (secondary N) is 1. The Hall–Kier alpha value is -2.41. The van der Waals surface area contributed by atoms with E-state index in [0.717, 1.165) is 47.7 Å². The zero-order valence-corrected chi connectivity index (χ0v) is 13.2. The molecule has 0 bridgehead atoms. The van der Waals surface area contributed by atoms with Gasteiger partial charge < -0.3 is 9.26 Å². The van der Waals surface area contributed by atoms with Crippen molar-refractivity contribution < 1.29 is 9.26 Å². The molecule has 7 heteroatoms. The average Bonchev–Trinajstić information content (AvgIpc) is 3.27. The molecule has 1 aliphatic carbocycles. The predicted molar refractivity (Wildman–Crippen MR) is 82.5 cm³/mol. The fourth-order valence-electron chi connectivity index (χ4n) is 3.03. The van der Waals surface area contributed by atoms with Gasteiger partial charge in [0.25, 0.3) is 0 Å². The fourth-order valence-corrected chi connectivity index (χ4v) is 3.03. The van der Waals surface area contributed by atoms with E-state index in [9.17, 15) is 0 Å². The first kappa shape index (κ1) is 14.2. The van der Waals surface area contributed by atoms with Crippen LogP contribution in [0, 0.1) is 6.92 Å². The van der Waals surface area contributed by atoms with Crippen molar-refractivity contribution in [3.05, 3.63) is 41.2 Å². The van der Waals surface area contributed by atoms with Crippen LogP contribution in [0.4, 0.5) is 0 Å². The Labute approximate surface area is 133 Å². The number of hydrogen-bond donors (Lipinski definition) is 1. The lowest BCUT2D eigenvalue weighted by atomic mass is 9.96. The van der Waals surface area contributed by atoms with Crippen LogP contribution >= 0.6 is 0 Å². The van der Waals surface area contributed by atoms with Crippen LogP contribution in [0.2, 0.25) is 0 Å². The molecule has 7 nitrogen and oxygen atoms in total. The van der Waals surface area contributed by atoms with Gasteiger partial charge in [0.05, 0.1) is 24.2 Å². The Balaban J connectivity index is 1.46. The molecule has 0 aromatic carbocycles. The SMILES string of the molecule is Cc1c(-c2cc(COC3CCCc4cn[nH]c43)on2)cnn1C. The predicted octanol–water partition coefficient (Wildman–Crippen LogP) is 2.70. The molecule has 0 radical (unpaired) electrons. The molecular weight excluding hydrogens is 294 g/mol. The molecule has 0 saturated heterocycles. The zero-order chi connectivity index (χ0) is 15.8. The van der Waals surface area contributed by atoms with E-state index >= 15 is 0 Å². The minimum absolute atomic E-state index is 0.0509. The number of H-pyrrole nitrogens is 1. The van der Waals surface area contributed by atoms with Crippen LogP contribution in [0.5, 0.6) is 0 Å². The topological polar surface area (TPSA) is 81.8 Å². The van der Waals surface area contributed by atoms with Crippen molar-refractivity contribution >= 4 is 0 Å². The first-order valence-electron chi connectivity index (χ1n) is 7.80. The minimum Gasteiger partial charge on any atom is -0.364 e. The molecule has 0 aliphatic heterocycles. The van der Waals surface area contributed by atoms with Crippen LogP contribution < -0.4 is 0 Å². The lowest BCUT2D eigenvalue weighted by molar-refractivity contribution is 0.0143. The molecule has 23 heavy (non-hydrogen) atoms. The standard InChI is InChI=1S/C16H19N5O2/c1-10-13(8-18-21(10)2)14-6-12(23-20-14)9-22-15-5-3-4-11-7-17-19-16(11)15/h6-8,15H,3-5,9H2,1-2H3,(H,17,19). The van der Waals surface area contributed by atoms with Crippen LogP contribution in [0.3, 0.4) is 0 Å².